The van der Waals surface area contributed by atoms with Gasteiger partial charge in [-0.25, -0.2) is 14.4 Å². The molecule has 172 valence electrons. The van der Waals surface area contributed by atoms with E-state index in [9.17, 15) is 14.0 Å². The fourth-order valence-electron chi connectivity index (χ4n) is 4.47. The number of nitrogens with zero attached hydrogens (tertiary/aromatic N) is 6. The van der Waals surface area contributed by atoms with Crippen LogP contribution in [-0.4, -0.2) is 48.7 Å². The number of rotatable bonds is 4. The van der Waals surface area contributed by atoms with Gasteiger partial charge in [0.1, 0.15) is 11.6 Å². The number of hydrogen-bond acceptors (Lipinski definition) is 6. The molecule has 0 unspecified atom stereocenters. The van der Waals surface area contributed by atoms with E-state index in [0.29, 0.717) is 48.3 Å². The van der Waals surface area contributed by atoms with Crippen molar-refractivity contribution in [3.8, 4) is 10.8 Å². The zero-order valence-corrected chi connectivity index (χ0v) is 19.6. The van der Waals surface area contributed by atoms with Crippen LogP contribution in [0, 0.1) is 5.82 Å². The van der Waals surface area contributed by atoms with Crippen molar-refractivity contribution in [2.45, 2.75) is 52.1 Å². The SMILES string of the molecule is CC(C)c1nsc(-c2nc(N3CCCC3=O)c3n2CCN(C(=O)c2ccc(F)cc2)[C@@H]3C)n1. The van der Waals surface area contributed by atoms with Crippen LogP contribution in [0.4, 0.5) is 10.2 Å². The van der Waals surface area contributed by atoms with Crippen LogP contribution < -0.4 is 4.90 Å². The number of aromatic nitrogens is 4. The second-order valence-electron chi connectivity index (χ2n) is 8.74. The third kappa shape index (κ3) is 3.72. The molecule has 0 saturated carbocycles. The Morgan fingerprint density at radius 3 is 2.55 bits per heavy atom. The van der Waals surface area contributed by atoms with E-state index in [0.717, 1.165) is 17.9 Å². The largest absolute Gasteiger partial charge is 0.328 e. The van der Waals surface area contributed by atoms with Crippen molar-refractivity contribution in [1.82, 2.24) is 23.8 Å². The Morgan fingerprint density at radius 1 is 1.15 bits per heavy atom. The average Bonchev–Trinajstić information content (AvgIpc) is 3.52. The molecule has 1 fully saturated rings. The number of carbonyl (C=O) groups excluding carboxylic acids is 2. The molecular formula is C23H25FN6O2S. The maximum Gasteiger partial charge on any atom is 0.254 e. The molecule has 8 nitrogen and oxygen atoms in total. The van der Waals surface area contributed by atoms with Gasteiger partial charge in [0.15, 0.2) is 16.6 Å². The van der Waals surface area contributed by atoms with Gasteiger partial charge in [0, 0.05) is 37.5 Å². The van der Waals surface area contributed by atoms with E-state index in [1.165, 1.54) is 35.8 Å². The molecule has 2 aliphatic rings. The van der Waals surface area contributed by atoms with Crippen LogP contribution in [0.25, 0.3) is 10.8 Å². The van der Waals surface area contributed by atoms with Gasteiger partial charge in [-0.05, 0) is 49.1 Å². The molecule has 1 atom stereocenters. The summed E-state index contributed by atoms with van der Waals surface area (Å²) in [5.41, 5.74) is 1.25. The van der Waals surface area contributed by atoms with Crippen molar-refractivity contribution in [1.29, 1.82) is 0 Å². The summed E-state index contributed by atoms with van der Waals surface area (Å²) in [4.78, 5) is 38.9. The van der Waals surface area contributed by atoms with Gasteiger partial charge in [-0.1, -0.05) is 13.8 Å². The second-order valence-corrected chi connectivity index (χ2v) is 9.49. The van der Waals surface area contributed by atoms with Gasteiger partial charge < -0.3 is 9.47 Å². The lowest BCUT2D eigenvalue weighted by Crippen LogP contribution is -2.42. The monoisotopic (exact) mass is 468 g/mol. The second kappa shape index (κ2) is 8.33. The van der Waals surface area contributed by atoms with E-state index in [1.54, 1.807) is 9.80 Å². The topological polar surface area (TPSA) is 84.2 Å². The Morgan fingerprint density at radius 2 is 1.91 bits per heavy atom. The van der Waals surface area contributed by atoms with Crippen LogP contribution in [0.15, 0.2) is 24.3 Å². The molecule has 5 rings (SSSR count). The van der Waals surface area contributed by atoms with Gasteiger partial charge in [-0.15, -0.1) is 0 Å². The lowest BCUT2D eigenvalue weighted by atomic mass is 10.1. The third-order valence-corrected chi connectivity index (χ3v) is 6.97. The average molecular weight is 469 g/mol. The molecule has 0 aliphatic carbocycles. The number of anilines is 1. The van der Waals surface area contributed by atoms with Crippen molar-refractivity contribution >= 4 is 29.2 Å². The number of amides is 2. The molecule has 33 heavy (non-hydrogen) atoms. The number of benzene rings is 1. The summed E-state index contributed by atoms with van der Waals surface area (Å²) < 4.78 is 19.9. The van der Waals surface area contributed by atoms with Crippen LogP contribution in [0.1, 0.15) is 67.4 Å². The molecule has 0 bridgehead atoms. The van der Waals surface area contributed by atoms with Crippen LogP contribution in [0.3, 0.4) is 0 Å². The molecule has 4 heterocycles. The van der Waals surface area contributed by atoms with Crippen molar-refractivity contribution in [3.05, 3.63) is 47.2 Å². The number of fused-ring (bicyclic) bond motifs is 1. The van der Waals surface area contributed by atoms with Crippen molar-refractivity contribution in [2.75, 3.05) is 18.0 Å². The molecule has 10 heteroatoms. The quantitative estimate of drug-likeness (QED) is 0.578. The Kier molecular flexibility index (Phi) is 5.48. The van der Waals surface area contributed by atoms with E-state index in [1.807, 2.05) is 20.8 Å². The fraction of sp³-hybridized carbons (Fsp3) is 0.435. The summed E-state index contributed by atoms with van der Waals surface area (Å²) in [5, 5.41) is 0.711. The normalized spacial score (nSPS) is 18.3. The minimum absolute atomic E-state index is 0.0387. The van der Waals surface area contributed by atoms with Gasteiger partial charge in [0.05, 0.1) is 11.7 Å². The Labute approximate surface area is 195 Å². The molecule has 0 spiro atoms. The van der Waals surface area contributed by atoms with Crippen LogP contribution in [0.2, 0.25) is 0 Å². The molecule has 2 aliphatic heterocycles. The lowest BCUT2D eigenvalue weighted by molar-refractivity contribution is -0.117. The predicted molar refractivity (Wildman–Crippen MR) is 123 cm³/mol. The molecule has 0 N–H and O–H groups in total. The van der Waals surface area contributed by atoms with E-state index in [4.69, 9.17) is 4.98 Å². The highest BCUT2D eigenvalue weighted by Crippen LogP contribution is 2.39. The molecule has 2 amide bonds. The lowest BCUT2D eigenvalue weighted by Gasteiger charge is -2.36. The van der Waals surface area contributed by atoms with Crippen LogP contribution in [0.5, 0.6) is 0 Å². The van der Waals surface area contributed by atoms with Gasteiger partial charge >= 0.3 is 0 Å². The first-order valence-corrected chi connectivity index (χ1v) is 11.9. The maximum absolute atomic E-state index is 13.4. The number of carbonyl (C=O) groups is 2. The Bertz CT molecular complexity index is 1220. The van der Waals surface area contributed by atoms with E-state index >= 15 is 0 Å². The maximum atomic E-state index is 13.4. The first-order chi connectivity index (χ1) is 15.8. The van der Waals surface area contributed by atoms with E-state index in [-0.39, 0.29) is 29.6 Å². The highest BCUT2D eigenvalue weighted by molar-refractivity contribution is 7.09. The highest BCUT2D eigenvalue weighted by atomic mass is 32.1. The van der Waals surface area contributed by atoms with Crippen LogP contribution >= 0.6 is 11.5 Å². The zero-order chi connectivity index (χ0) is 23.3. The van der Waals surface area contributed by atoms with Gasteiger partial charge in [0.25, 0.3) is 5.91 Å². The summed E-state index contributed by atoms with van der Waals surface area (Å²) in [6.07, 6.45) is 1.27. The highest BCUT2D eigenvalue weighted by Gasteiger charge is 2.38. The first kappa shape index (κ1) is 21.7. The first-order valence-electron chi connectivity index (χ1n) is 11.2. The van der Waals surface area contributed by atoms with Crippen molar-refractivity contribution in [3.63, 3.8) is 0 Å². The predicted octanol–water partition coefficient (Wildman–Crippen LogP) is 4.01. The molecule has 1 aromatic carbocycles. The minimum atomic E-state index is -0.381. The van der Waals surface area contributed by atoms with Crippen molar-refractivity contribution < 1.29 is 14.0 Å². The van der Waals surface area contributed by atoms with Gasteiger partial charge in [0.2, 0.25) is 5.91 Å². The van der Waals surface area contributed by atoms with E-state index in [2.05, 4.69) is 13.9 Å². The Hall–Kier alpha value is -3.14. The smallest absolute Gasteiger partial charge is 0.254 e. The van der Waals surface area contributed by atoms with Gasteiger partial charge in [-0.3, -0.25) is 14.5 Å². The molecular weight excluding hydrogens is 443 g/mol. The number of hydrogen-bond donors (Lipinski definition) is 0. The number of halogens is 1. The Balaban J connectivity index is 1.57. The summed E-state index contributed by atoms with van der Waals surface area (Å²) in [7, 11) is 0. The summed E-state index contributed by atoms with van der Waals surface area (Å²) >= 11 is 1.30. The molecule has 3 aromatic rings. The van der Waals surface area contributed by atoms with E-state index < -0.39 is 0 Å². The number of imidazole rings is 1. The molecule has 2 aromatic heterocycles. The summed E-state index contributed by atoms with van der Waals surface area (Å²) in [5.74, 6) is 1.73. The molecule has 1 saturated heterocycles. The minimum Gasteiger partial charge on any atom is -0.328 e. The molecule has 0 radical (unpaired) electrons. The standard InChI is InChI=1S/C23H25FN6O2S/c1-13(2)19-25-22(33-27-19)21-26-20(29-10-4-5-17(29)31)18-14(3)28(11-12-30(18)21)23(32)15-6-8-16(24)9-7-15/h6-9,13-14H,4-5,10-12H2,1-3H3/t14-/m1/s1. The summed E-state index contributed by atoms with van der Waals surface area (Å²) in [6, 6.07) is 5.27. The fourth-order valence-corrected chi connectivity index (χ4v) is 5.27. The zero-order valence-electron chi connectivity index (χ0n) is 18.8. The van der Waals surface area contributed by atoms with Gasteiger partial charge in [-0.2, -0.15) is 4.37 Å². The third-order valence-electron chi connectivity index (χ3n) is 6.25. The van der Waals surface area contributed by atoms with Crippen molar-refractivity contribution in [2.24, 2.45) is 0 Å². The van der Waals surface area contributed by atoms with Crippen LogP contribution in [-0.2, 0) is 11.3 Å². The summed E-state index contributed by atoms with van der Waals surface area (Å²) in [6.45, 7) is 7.63.